The summed E-state index contributed by atoms with van der Waals surface area (Å²) < 4.78 is 5.74. The van der Waals surface area contributed by atoms with Gasteiger partial charge in [0, 0.05) is 19.6 Å². The molecule has 1 saturated heterocycles. The summed E-state index contributed by atoms with van der Waals surface area (Å²) in [5, 5.41) is 3.07. The normalized spacial score (nSPS) is 15.9. The molecule has 27 heavy (non-hydrogen) atoms. The van der Waals surface area contributed by atoms with E-state index in [1.54, 1.807) is 0 Å². The predicted octanol–water partition coefficient (Wildman–Crippen LogP) is 4.62. The molecule has 1 amide bonds. The first kappa shape index (κ1) is 19.4. The molecule has 0 radical (unpaired) electrons. The molecule has 0 unspecified atom stereocenters. The van der Waals surface area contributed by atoms with Gasteiger partial charge in [-0.2, -0.15) is 0 Å². The molecule has 4 nitrogen and oxygen atoms in total. The van der Waals surface area contributed by atoms with Gasteiger partial charge in [0.1, 0.15) is 6.10 Å². The number of carbonyl (C=O) groups is 1. The van der Waals surface area contributed by atoms with Gasteiger partial charge in [-0.1, -0.05) is 74.5 Å². The molecule has 0 bridgehead atoms. The van der Waals surface area contributed by atoms with Gasteiger partial charge in [-0.3, -0.25) is 0 Å². The second-order valence-corrected chi connectivity index (χ2v) is 7.70. The van der Waals surface area contributed by atoms with E-state index in [0.717, 1.165) is 43.6 Å². The summed E-state index contributed by atoms with van der Waals surface area (Å²) in [6.07, 6.45) is 1.47. The molecule has 2 aromatic rings. The topological polar surface area (TPSA) is 41.6 Å². The Morgan fingerprint density at radius 2 is 1.52 bits per heavy atom. The number of likely N-dealkylation sites (tertiary alicyclic amines) is 1. The van der Waals surface area contributed by atoms with Gasteiger partial charge in [-0.15, -0.1) is 0 Å². The third-order valence-electron chi connectivity index (χ3n) is 4.96. The zero-order valence-electron chi connectivity index (χ0n) is 16.3. The van der Waals surface area contributed by atoms with Gasteiger partial charge in [0.05, 0.1) is 6.04 Å². The number of nitrogens with one attached hydrogen (secondary N) is 1. The number of carbonyl (C=O) groups excluding carboxylic acids is 1. The smallest absolute Gasteiger partial charge is 0.408 e. The minimum absolute atomic E-state index is 0.000564. The van der Waals surface area contributed by atoms with Gasteiger partial charge in [-0.05, 0) is 29.9 Å². The van der Waals surface area contributed by atoms with Crippen molar-refractivity contribution < 1.29 is 9.53 Å². The van der Waals surface area contributed by atoms with Crippen LogP contribution in [0.25, 0.3) is 0 Å². The number of alkyl carbamates (subject to hydrolysis) is 1. The average molecular weight is 367 g/mol. The van der Waals surface area contributed by atoms with Gasteiger partial charge >= 0.3 is 6.09 Å². The van der Waals surface area contributed by atoms with Crippen molar-refractivity contribution in [3.8, 4) is 0 Å². The minimum Gasteiger partial charge on any atom is -0.446 e. The Morgan fingerprint density at radius 3 is 2.00 bits per heavy atom. The first-order valence-corrected chi connectivity index (χ1v) is 9.91. The number of hydrogen-bond acceptors (Lipinski definition) is 3. The fourth-order valence-corrected chi connectivity index (χ4v) is 3.68. The van der Waals surface area contributed by atoms with Crippen LogP contribution >= 0.6 is 0 Å². The van der Waals surface area contributed by atoms with Crippen molar-refractivity contribution in [1.82, 2.24) is 10.2 Å². The van der Waals surface area contributed by atoms with Crippen molar-refractivity contribution in [3.63, 3.8) is 0 Å². The average Bonchev–Trinajstić information content (AvgIpc) is 2.69. The summed E-state index contributed by atoms with van der Waals surface area (Å²) in [6.45, 7) is 7.59. The van der Waals surface area contributed by atoms with Crippen LogP contribution < -0.4 is 5.32 Å². The summed E-state index contributed by atoms with van der Waals surface area (Å²) in [5.41, 5.74) is 2.10. The van der Waals surface area contributed by atoms with Crippen molar-refractivity contribution in [1.29, 1.82) is 0 Å². The quantitative estimate of drug-likeness (QED) is 0.811. The predicted molar refractivity (Wildman–Crippen MR) is 109 cm³/mol. The van der Waals surface area contributed by atoms with Crippen LogP contribution in [0.4, 0.5) is 4.79 Å². The van der Waals surface area contributed by atoms with E-state index < -0.39 is 0 Å². The largest absolute Gasteiger partial charge is 0.446 e. The molecule has 1 heterocycles. The lowest BCUT2D eigenvalue weighted by atomic mass is 9.99. The molecule has 1 N–H and O–H groups in total. The van der Waals surface area contributed by atoms with Crippen molar-refractivity contribution in [2.24, 2.45) is 5.92 Å². The van der Waals surface area contributed by atoms with Gasteiger partial charge in [0.15, 0.2) is 0 Å². The van der Waals surface area contributed by atoms with Crippen molar-refractivity contribution in [2.75, 3.05) is 19.6 Å². The summed E-state index contributed by atoms with van der Waals surface area (Å²) in [7, 11) is 0. The highest BCUT2D eigenvalue weighted by Gasteiger charge is 2.24. The molecule has 4 heteroatoms. The maximum Gasteiger partial charge on any atom is 0.408 e. The van der Waals surface area contributed by atoms with Crippen LogP contribution in [0.1, 0.15) is 43.9 Å². The molecule has 0 aromatic heterocycles. The SMILES string of the molecule is CC(C)CN1CCC(OC(=O)NC(c2ccccc2)c2ccccc2)CC1. The summed E-state index contributed by atoms with van der Waals surface area (Å²) in [5.74, 6) is 0.670. The summed E-state index contributed by atoms with van der Waals surface area (Å²) >= 11 is 0. The Bertz CT molecular complexity index is 655. The van der Waals surface area contributed by atoms with Crippen LogP contribution in [0.2, 0.25) is 0 Å². The highest BCUT2D eigenvalue weighted by Crippen LogP contribution is 2.22. The number of benzene rings is 2. The van der Waals surface area contributed by atoms with Crippen molar-refractivity contribution in [2.45, 2.75) is 38.8 Å². The highest BCUT2D eigenvalue weighted by atomic mass is 16.6. The monoisotopic (exact) mass is 366 g/mol. The first-order valence-electron chi connectivity index (χ1n) is 9.91. The standard InChI is InChI=1S/C23H30N2O2/c1-18(2)17-25-15-13-21(14-16-25)27-23(26)24-22(19-9-5-3-6-10-19)20-11-7-4-8-12-20/h3-12,18,21-22H,13-17H2,1-2H3,(H,24,26). The van der Waals surface area contributed by atoms with Gasteiger partial charge in [-0.25, -0.2) is 4.79 Å². The van der Waals surface area contributed by atoms with Gasteiger partial charge in [0.2, 0.25) is 0 Å². The molecule has 1 aliphatic heterocycles. The number of piperidine rings is 1. The van der Waals surface area contributed by atoms with Crippen molar-refractivity contribution in [3.05, 3.63) is 71.8 Å². The van der Waals surface area contributed by atoms with Crippen LogP contribution in [0.3, 0.4) is 0 Å². The lowest BCUT2D eigenvalue weighted by Crippen LogP contribution is -2.41. The number of hydrogen-bond donors (Lipinski definition) is 1. The fourth-order valence-electron chi connectivity index (χ4n) is 3.68. The summed E-state index contributed by atoms with van der Waals surface area (Å²) in [4.78, 5) is 15.0. The molecule has 144 valence electrons. The lowest BCUT2D eigenvalue weighted by molar-refractivity contribution is 0.0467. The molecule has 0 saturated carbocycles. The van der Waals surface area contributed by atoms with Crippen molar-refractivity contribution >= 4 is 6.09 Å². The van der Waals surface area contributed by atoms with Gasteiger partial charge < -0.3 is 15.0 Å². The van der Waals surface area contributed by atoms with E-state index in [-0.39, 0.29) is 18.2 Å². The first-order chi connectivity index (χ1) is 13.1. The number of rotatable bonds is 6. The van der Waals surface area contributed by atoms with Crippen LogP contribution in [-0.2, 0) is 4.74 Å². The van der Waals surface area contributed by atoms with Gasteiger partial charge in [0.25, 0.3) is 0 Å². The van der Waals surface area contributed by atoms with E-state index in [9.17, 15) is 4.79 Å². The molecular formula is C23H30N2O2. The zero-order valence-corrected chi connectivity index (χ0v) is 16.3. The molecule has 2 aromatic carbocycles. The highest BCUT2D eigenvalue weighted by molar-refractivity contribution is 5.69. The maximum absolute atomic E-state index is 12.6. The molecule has 1 fully saturated rings. The van der Waals surface area contributed by atoms with E-state index in [0.29, 0.717) is 5.92 Å². The van der Waals surface area contributed by atoms with E-state index in [2.05, 4.69) is 24.1 Å². The second-order valence-electron chi connectivity index (χ2n) is 7.70. The third kappa shape index (κ3) is 5.83. The number of nitrogens with zero attached hydrogens (tertiary/aromatic N) is 1. The van der Waals surface area contributed by atoms with Crippen LogP contribution in [0.5, 0.6) is 0 Å². The summed E-state index contributed by atoms with van der Waals surface area (Å²) in [6, 6.07) is 19.8. The Balaban J connectivity index is 1.59. The van der Waals surface area contributed by atoms with Crippen LogP contribution in [0.15, 0.2) is 60.7 Å². The zero-order chi connectivity index (χ0) is 19.1. The third-order valence-corrected chi connectivity index (χ3v) is 4.96. The number of ether oxygens (including phenoxy) is 1. The second kappa shape index (κ2) is 9.56. The van der Waals surface area contributed by atoms with E-state index in [1.807, 2.05) is 60.7 Å². The van der Waals surface area contributed by atoms with E-state index in [4.69, 9.17) is 4.74 Å². The molecule has 0 atom stereocenters. The minimum atomic E-state index is -0.338. The molecule has 0 aliphatic carbocycles. The Kier molecular flexibility index (Phi) is 6.88. The molecule has 0 spiro atoms. The van der Waals surface area contributed by atoms with Crippen LogP contribution in [0, 0.1) is 5.92 Å². The Labute approximate surface area is 162 Å². The Hall–Kier alpha value is -2.33. The van der Waals surface area contributed by atoms with Crippen LogP contribution in [-0.4, -0.2) is 36.7 Å². The fraction of sp³-hybridized carbons (Fsp3) is 0.435. The Morgan fingerprint density at radius 1 is 1.00 bits per heavy atom. The molecule has 1 aliphatic rings. The lowest BCUT2D eigenvalue weighted by Gasteiger charge is -2.33. The maximum atomic E-state index is 12.6. The van der Waals surface area contributed by atoms with E-state index >= 15 is 0 Å². The molecular weight excluding hydrogens is 336 g/mol. The molecule has 3 rings (SSSR count). The number of amides is 1. The van der Waals surface area contributed by atoms with E-state index in [1.165, 1.54) is 0 Å².